The average Bonchev–Trinajstić information content (AvgIpc) is 2.36. The summed E-state index contributed by atoms with van der Waals surface area (Å²) >= 11 is 0. The van der Waals surface area contributed by atoms with E-state index in [1.165, 1.54) is 12.1 Å². The third-order valence-electron chi connectivity index (χ3n) is 2.86. The molecule has 4 nitrogen and oxygen atoms in total. The molecule has 19 heavy (non-hydrogen) atoms. The van der Waals surface area contributed by atoms with Crippen LogP contribution in [0, 0.1) is 18.7 Å². The second-order valence-electron chi connectivity index (χ2n) is 4.52. The molecule has 1 aromatic carbocycles. The van der Waals surface area contributed by atoms with Crippen molar-refractivity contribution in [2.45, 2.75) is 26.7 Å². The van der Waals surface area contributed by atoms with E-state index in [0.717, 1.165) is 5.56 Å². The van der Waals surface area contributed by atoms with Gasteiger partial charge in [0, 0.05) is 6.54 Å². The van der Waals surface area contributed by atoms with Gasteiger partial charge in [0.05, 0.1) is 11.5 Å². The van der Waals surface area contributed by atoms with Gasteiger partial charge in [-0.25, -0.2) is 4.39 Å². The molecule has 5 heteroatoms. The van der Waals surface area contributed by atoms with Crippen LogP contribution >= 0.6 is 0 Å². The molecule has 104 valence electrons. The van der Waals surface area contributed by atoms with Crippen LogP contribution in [0.15, 0.2) is 18.2 Å². The van der Waals surface area contributed by atoms with Crippen molar-refractivity contribution in [2.75, 3.05) is 6.54 Å². The van der Waals surface area contributed by atoms with E-state index in [1.807, 2.05) is 6.92 Å². The number of aliphatic carboxylic acids is 1. The van der Waals surface area contributed by atoms with Crippen molar-refractivity contribution in [3.63, 3.8) is 0 Å². The predicted octanol–water partition coefficient (Wildman–Crippen LogP) is 2.36. The first-order valence-electron chi connectivity index (χ1n) is 6.22. The molecule has 1 unspecified atom stereocenters. The number of hydrogen-bond acceptors (Lipinski definition) is 2. The van der Waals surface area contributed by atoms with Crippen LogP contribution in [0.3, 0.4) is 0 Å². The minimum absolute atomic E-state index is 0.00931. The molecule has 0 aliphatic carbocycles. The van der Waals surface area contributed by atoms with E-state index in [4.69, 9.17) is 5.11 Å². The molecular weight excluding hydrogens is 249 g/mol. The van der Waals surface area contributed by atoms with Crippen LogP contribution in [0.4, 0.5) is 4.39 Å². The van der Waals surface area contributed by atoms with Crippen LogP contribution in [0.5, 0.6) is 0 Å². The van der Waals surface area contributed by atoms with Crippen molar-refractivity contribution < 1.29 is 19.1 Å². The molecule has 2 N–H and O–H groups in total. The number of amides is 1. The largest absolute Gasteiger partial charge is 0.481 e. The lowest BCUT2D eigenvalue weighted by atomic mass is 10.0. The standard InChI is InChI=1S/C14H18FNO3/c1-3-4-10(14(18)19)8-16-13(17)11-7-9(2)5-6-12(11)15/h5-7,10H,3-4,8H2,1-2H3,(H,16,17)(H,18,19). The zero-order chi connectivity index (χ0) is 14.4. The maximum Gasteiger partial charge on any atom is 0.308 e. The molecule has 0 saturated carbocycles. The summed E-state index contributed by atoms with van der Waals surface area (Å²) in [7, 11) is 0. The van der Waals surface area contributed by atoms with Gasteiger partial charge in [0.1, 0.15) is 5.82 Å². The molecule has 1 amide bonds. The minimum Gasteiger partial charge on any atom is -0.481 e. The van der Waals surface area contributed by atoms with Crippen molar-refractivity contribution >= 4 is 11.9 Å². The quantitative estimate of drug-likeness (QED) is 0.831. The van der Waals surface area contributed by atoms with E-state index < -0.39 is 23.6 Å². The summed E-state index contributed by atoms with van der Waals surface area (Å²) in [6, 6.07) is 4.24. The Labute approximate surface area is 111 Å². The fraction of sp³-hybridized carbons (Fsp3) is 0.429. The van der Waals surface area contributed by atoms with E-state index in [1.54, 1.807) is 13.0 Å². The van der Waals surface area contributed by atoms with Crippen LogP contribution < -0.4 is 5.32 Å². The van der Waals surface area contributed by atoms with E-state index in [-0.39, 0.29) is 12.1 Å². The maximum atomic E-state index is 13.5. The number of carboxylic acid groups (broad SMARTS) is 1. The topological polar surface area (TPSA) is 66.4 Å². The van der Waals surface area contributed by atoms with Crippen LogP contribution in [0.2, 0.25) is 0 Å². The highest BCUT2D eigenvalue weighted by Crippen LogP contribution is 2.11. The van der Waals surface area contributed by atoms with Gasteiger partial charge in [-0.2, -0.15) is 0 Å². The van der Waals surface area contributed by atoms with Gasteiger partial charge in [-0.15, -0.1) is 0 Å². The number of rotatable bonds is 6. The van der Waals surface area contributed by atoms with Gasteiger partial charge >= 0.3 is 5.97 Å². The fourth-order valence-electron chi connectivity index (χ4n) is 1.79. The molecule has 0 aliphatic heterocycles. The highest BCUT2D eigenvalue weighted by Gasteiger charge is 2.19. The van der Waals surface area contributed by atoms with Gasteiger partial charge in [-0.1, -0.05) is 25.0 Å². The molecule has 0 aliphatic rings. The second kappa shape index (κ2) is 6.87. The zero-order valence-electron chi connectivity index (χ0n) is 11.1. The molecule has 0 bridgehead atoms. The highest BCUT2D eigenvalue weighted by atomic mass is 19.1. The molecule has 1 atom stereocenters. The van der Waals surface area contributed by atoms with Crippen LogP contribution in [0.1, 0.15) is 35.7 Å². The molecule has 0 aromatic heterocycles. The molecule has 1 aromatic rings. The number of carboxylic acids is 1. The lowest BCUT2D eigenvalue weighted by molar-refractivity contribution is -0.141. The predicted molar refractivity (Wildman–Crippen MR) is 69.5 cm³/mol. The number of carbonyl (C=O) groups is 2. The highest BCUT2D eigenvalue weighted by molar-refractivity contribution is 5.94. The molecule has 0 radical (unpaired) electrons. The molecule has 0 heterocycles. The average molecular weight is 267 g/mol. The van der Waals surface area contributed by atoms with E-state index >= 15 is 0 Å². The number of benzene rings is 1. The molecule has 0 fully saturated rings. The van der Waals surface area contributed by atoms with Crippen LogP contribution in [0.25, 0.3) is 0 Å². The summed E-state index contributed by atoms with van der Waals surface area (Å²) in [5.41, 5.74) is 0.718. The van der Waals surface area contributed by atoms with Gasteiger partial charge < -0.3 is 10.4 Å². The Morgan fingerprint density at radius 1 is 1.42 bits per heavy atom. The minimum atomic E-state index is -0.952. The summed E-state index contributed by atoms with van der Waals surface area (Å²) in [6.07, 6.45) is 1.19. The number of nitrogens with one attached hydrogen (secondary N) is 1. The summed E-state index contributed by atoms with van der Waals surface area (Å²) in [4.78, 5) is 22.7. The Morgan fingerprint density at radius 2 is 2.11 bits per heavy atom. The van der Waals surface area contributed by atoms with E-state index in [2.05, 4.69) is 5.32 Å². The normalized spacial score (nSPS) is 11.9. The summed E-state index contributed by atoms with van der Waals surface area (Å²) in [5, 5.41) is 11.4. The third-order valence-corrected chi connectivity index (χ3v) is 2.86. The number of carbonyl (C=O) groups excluding carboxylic acids is 1. The van der Waals surface area contributed by atoms with Crippen molar-refractivity contribution in [1.29, 1.82) is 0 Å². The molecule has 0 saturated heterocycles. The van der Waals surface area contributed by atoms with Gasteiger partial charge in [0.2, 0.25) is 0 Å². The van der Waals surface area contributed by atoms with E-state index in [0.29, 0.717) is 12.8 Å². The first kappa shape index (κ1) is 15.1. The van der Waals surface area contributed by atoms with E-state index in [9.17, 15) is 14.0 Å². The van der Waals surface area contributed by atoms with Gasteiger partial charge in [-0.3, -0.25) is 9.59 Å². The number of halogens is 1. The van der Waals surface area contributed by atoms with Crippen LogP contribution in [-0.2, 0) is 4.79 Å². The van der Waals surface area contributed by atoms with Crippen molar-refractivity contribution in [1.82, 2.24) is 5.32 Å². The Hall–Kier alpha value is -1.91. The lowest BCUT2D eigenvalue weighted by Crippen LogP contribution is -2.33. The first-order valence-corrected chi connectivity index (χ1v) is 6.22. The number of aryl methyl sites for hydroxylation is 1. The monoisotopic (exact) mass is 267 g/mol. The second-order valence-corrected chi connectivity index (χ2v) is 4.52. The van der Waals surface area contributed by atoms with Crippen LogP contribution in [-0.4, -0.2) is 23.5 Å². The first-order chi connectivity index (χ1) is 8.95. The maximum absolute atomic E-state index is 13.5. The lowest BCUT2D eigenvalue weighted by Gasteiger charge is -2.12. The Bertz CT molecular complexity index is 474. The third kappa shape index (κ3) is 4.35. The molecule has 1 rings (SSSR count). The molecular formula is C14H18FNO3. The summed E-state index contributed by atoms with van der Waals surface area (Å²) in [6.45, 7) is 3.64. The summed E-state index contributed by atoms with van der Waals surface area (Å²) < 4.78 is 13.5. The molecule has 0 spiro atoms. The number of hydrogen-bond donors (Lipinski definition) is 2. The van der Waals surface area contributed by atoms with Gasteiger partial charge in [0.15, 0.2) is 0 Å². The SMILES string of the molecule is CCCC(CNC(=O)c1cc(C)ccc1F)C(=O)O. The van der Waals surface area contributed by atoms with Crippen molar-refractivity contribution in [3.05, 3.63) is 35.1 Å². The Morgan fingerprint density at radius 3 is 2.68 bits per heavy atom. The van der Waals surface area contributed by atoms with Crippen molar-refractivity contribution in [3.8, 4) is 0 Å². The Balaban J connectivity index is 2.69. The fourth-order valence-corrected chi connectivity index (χ4v) is 1.79. The smallest absolute Gasteiger partial charge is 0.308 e. The Kier molecular flexibility index (Phi) is 5.48. The van der Waals surface area contributed by atoms with Crippen molar-refractivity contribution in [2.24, 2.45) is 5.92 Å². The van der Waals surface area contributed by atoms with Gasteiger partial charge in [0.25, 0.3) is 5.91 Å². The zero-order valence-corrected chi connectivity index (χ0v) is 11.1. The summed E-state index contributed by atoms with van der Waals surface area (Å²) in [5.74, 6) is -2.78. The van der Waals surface area contributed by atoms with Gasteiger partial charge in [-0.05, 0) is 25.5 Å².